The largest absolute Gasteiger partial charge is 0.392 e. The number of piperazine rings is 1. The van der Waals surface area contributed by atoms with Crippen LogP contribution < -0.4 is 0 Å². The first kappa shape index (κ1) is 17.1. The van der Waals surface area contributed by atoms with Crippen LogP contribution in [-0.4, -0.2) is 64.6 Å². The maximum absolute atomic E-state index is 12.8. The number of nitrogens with zero attached hydrogens (tertiary/aromatic N) is 3. The van der Waals surface area contributed by atoms with E-state index in [9.17, 15) is 9.90 Å². The molecule has 0 aliphatic carbocycles. The zero-order chi connectivity index (χ0) is 17.1. The van der Waals surface area contributed by atoms with E-state index in [1.807, 2.05) is 35.4 Å². The lowest BCUT2D eigenvalue weighted by Crippen LogP contribution is -2.50. The van der Waals surface area contributed by atoms with Gasteiger partial charge in [-0.25, -0.2) is 0 Å². The average Bonchev–Trinajstić information content (AvgIpc) is 3.09. The number of pyridine rings is 1. The molecular weight excluding hydrogens is 322 g/mol. The molecule has 3 rings (SSSR count). The first-order chi connectivity index (χ1) is 11.5. The van der Waals surface area contributed by atoms with E-state index in [-0.39, 0.29) is 12.0 Å². The van der Waals surface area contributed by atoms with Crippen LogP contribution in [0.4, 0.5) is 0 Å². The zero-order valence-electron chi connectivity index (χ0n) is 14.1. The third-order valence-corrected chi connectivity index (χ3v) is 5.00. The third kappa shape index (κ3) is 3.83. The second-order valence-electron chi connectivity index (χ2n) is 6.28. The van der Waals surface area contributed by atoms with E-state index in [2.05, 4.69) is 15.3 Å². The van der Waals surface area contributed by atoms with Crippen molar-refractivity contribution in [3.05, 3.63) is 40.2 Å². The van der Waals surface area contributed by atoms with Crippen molar-refractivity contribution in [1.82, 2.24) is 14.8 Å². The highest BCUT2D eigenvalue weighted by Crippen LogP contribution is 2.22. The number of β-amino-alcohol motifs (C(OH)–C–C–N with tert-alkyl or cyclic N) is 1. The van der Waals surface area contributed by atoms with Gasteiger partial charge in [0.2, 0.25) is 0 Å². The van der Waals surface area contributed by atoms with E-state index in [0.29, 0.717) is 25.2 Å². The van der Waals surface area contributed by atoms with E-state index in [1.54, 1.807) is 18.3 Å². The molecule has 1 fully saturated rings. The molecular formula is C18H23N3O2S. The fourth-order valence-corrected chi connectivity index (χ4v) is 3.69. The minimum absolute atomic E-state index is 0.0496. The number of thiophene rings is 1. The number of aliphatic hydroxyl groups excluding tert-OH is 1. The van der Waals surface area contributed by atoms with Gasteiger partial charge in [0.25, 0.3) is 5.91 Å². The van der Waals surface area contributed by atoms with Gasteiger partial charge >= 0.3 is 0 Å². The summed E-state index contributed by atoms with van der Waals surface area (Å²) in [5.74, 6) is 0.0496. The maximum atomic E-state index is 12.8. The molecule has 1 saturated heterocycles. The van der Waals surface area contributed by atoms with Gasteiger partial charge in [-0.2, -0.15) is 11.3 Å². The maximum Gasteiger partial charge on any atom is 0.255 e. The lowest BCUT2D eigenvalue weighted by molar-refractivity contribution is 0.0553. The SMILES string of the molecule is Cc1nc(-c2ccsc2)ccc1C(=O)N1CCN(C[C@@H](C)O)CC1. The van der Waals surface area contributed by atoms with Crippen molar-refractivity contribution in [3.63, 3.8) is 0 Å². The van der Waals surface area contributed by atoms with Crippen molar-refractivity contribution in [2.45, 2.75) is 20.0 Å². The highest BCUT2D eigenvalue weighted by Gasteiger charge is 2.24. The molecule has 1 amide bonds. The van der Waals surface area contributed by atoms with Gasteiger partial charge in [-0.3, -0.25) is 14.7 Å². The number of carbonyl (C=O) groups excluding carboxylic acids is 1. The summed E-state index contributed by atoms with van der Waals surface area (Å²) >= 11 is 1.64. The van der Waals surface area contributed by atoms with Crippen LogP contribution in [0.5, 0.6) is 0 Å². The summed E-state index contributed by atoms with van der Waals surface area (Å²) in [6, 6.07) is 5.85. The predicted octanol–water partition coefficient (Wildman–Crippen LogP) is 2.26. The van der Waals surface area contributed by atoms with Crippen molar-refractivity contribution in [3.8, 4) is 11.3 Å². The third-order valence-electron chi connectivity index (χ3n) is 4.32. The Hall–Kier alpha value is -1.76. The first-order valence-corrected chi connectivity index (χ1v) is 9.19. The molecule has 1 atom stereocenters. The van der Waals surface area contributed by atoms with E-state index in [0.717, 1.165) is 30.0 Å². The Balaban J connectivity index is 1.67. The summed E-state index contributed by atoms with van der Waals surface area (Å²) in [7, 11) is 0. The molecule has 0 unspecified atom stereocenters. The highest BCUT2D eigenvalue weighted by molar-refractivity contribution is 7.08. The first-order valence-electron chi connectivity index (χ1n) is 8.24. The second-order valence-corrected chi connectivity index (χ2v) is 7.06. The molecule has 0 saturated carbocycles. The quantitative estimate of drug-likeness (QED) is 0.923. The van der Waals surface area contributed by atoms with Crippen LogP contribution in [0.25, 0.3) is 11.3 Å². The molecule has 6 heteroatoms. The van der Waals surface area contributed by atoms with Gasteiger partial charge in [-0.05, 0) is 37.4 Å². The zero-order valence-corrected chi connectivity index (χ0v) is 14.9. The Morgan fingerprint density at radius 1 is 1.29 bits per heavy atom. The van der Waals surface area contributed by atoms with Gasteiger partial charge in [-0.1, -0.05) is 0 Å². The van der Waals surface area contributed by atoms with Crippen LogP contribution in [-0.2, 0) is 0 Å². The van der Waals surface area contributed by atoms with Crippen LogP contribution in [0, 0.1) is 6.92 Å². The van der Waals surface area contributed by atoms with Crippen LogP contribution in [0.2, 0.25) is 0 Å². The summed E-state index contributed by atoms with van der Waals surface area (Å²) in [6.07, 6.45) is -0.330. The fraction of sp³-hybridized carbons (Fsp3) is 0.444. The summed E-state index contributed by atoms with van der Waals surface area (Å²) in [4.78, 5) is 21.4. The number of hydrogen-bond acceptors (Lipinski definition) is 5. The van der Waals surface area contributed by atoms with Gasteiger partial charge in [0.15, 0.2) is 0 Å². The highest BCUT2D eigenvalue weighted by atomic mass is 32.1. The topological polar surface area (TPSA) is 56.7 Å². The van der Waals surface area contributed by atoms with Crippen LogP contribution >= 0.6 is 11.3 Å². The molecule has 0 spiro atoms. The Bertz CT molecular complexity index is 692. The Labute approximate surface area is 146 Å². The molecule has 5 nitrogen and oxygen atoms in total. The number of aryl methyl sites for hydroxylation is 1. The fourth-order valence-electron chi connectivity index (χ4n) is 3.04. The summed E-state index contributed by atoms with van der Waals surface area (Å²) < 4.78 is 0. The van der Waals surface area contributed by atoms with Crippen LogP contribution in [0.3, 0.4) is 0 Å². The standard InChI is InChI=1S/C18H23N3O2S/c1-13(22)11-20-6-8-21(9-7-20)18(23)16-3-4-17(19-14(16)2)15-5-10-24-12-15/h3-5,10,12-13,22H,6-9,11H2,1-2H3/t13-/m1/s1. The lowest BCUT2D eigenvalue weighted by Gasteiger charge is -2.35. The minimum Gasteiger partial charge on any atom is -0.392 e. The van der Waals surface area contributed by atoms with Crippen molar-refractivity contribution in [1.29, 1.82) is 0 Å². The minimum atomic E-state index is -0.330. The van der Waals surface area contributed by atoms with Gasteiger partial charge in [0.05, 0.1) is 23.1 Å². The van der Waals surface area contributed by atoms with Gasteiger partial charge in [0.1, 0.15) is 0 Å². The molecule has 128 valence electrons. The van der Waals surface area contributed by atoms with Crippen molar-refractivity contribution in [2.24, 2.45) is 0 Å². The molecule has 1 aliphatic rings. The normalized spacial score (nSPS) is 17.0. The molecule has 1 N–H and O–H groups in total. The molecule has 2 aromatic heterocycles. The van der Waals surface area contributed by atoms with Gasteiger partial charge in [-0.15, -0.1) is 0 Å². The number of rotatable bonds is 4. The number of hydrogen-bond donors (Lipinski definition) is 1. The number of amides is 1. The van der Waals surface area contributed by atoms with Crippen LogP contribution in [0.1, 0.15) is 23.0 Å². The Morgan fingerprint density at radius 3 is 2.62 bits per heavy atom. The second kappa shape index (κ2) is 7.42. The molecule has 3 heterocycles. The molecule has 0 bridgehead atoms. The molecule has 2 aromatic rings. The summed E-state index contributed by atoms with van der Waals surface area (Å²) in [5, 5.41) is 13.6. The van der Waals surface area contributed by atoms with Crippen molar-refractivity contribution in [2.75, 3.05) is 32.7 Å². The van der Waals surface area contributed by atoms with Gasteiger partial charge < -0.3 is 10.0 Å². The smallest absolute Gasteiger partial charge is 0.255 e. The predicted molar refractivity (Wildman–Crippen MR) is 96.3 cm³/mol. The van der Waals surface area contributed by atoms with Crippen molar-refractivity contribution < 1.29 is 9.90 Å². The molecule has 0 radical (unpaired) electrons. The summed E-state index contributed by atoms with van der Waals surface area (Å²) in [6.45, 7) is 7.34. The van der Waals surface area contributed by atoms with E-state index < -0.39 is 0 Å². The molecule has 0 aromatic carbocycles. The summed E-state index contributed by atoms with van der Waals surface area (Å²) in [5.41, 5.74) is 3.45. The number of carbonyl (C=O) groups is 1. The Morgan fingerprint density at radius 2 is 2.04 bits per heavy atom. The lowest BCUT2D eigenvalue weighted by atomic mass is 10.1. The molecule has 24 heavy (non-hydrogen) atoms. The average molecular weight is 345 g/mol. The van der Waals surface area contributed by atoms with E-state index in [4.69, 9.17) is 0 Å². The molecule has 1 aliphatic heterocycles. The number of aliphatic hydroxyl groups is 1. The Kier molecular flexibility index (Phi) is 5.28. The van der Waals surface area contributed by atoms with Crippen molar-refractivity contribution >= 4 is 17.2 Å². The monoisotopic (exact) mass is 345 g/mol. The van der Waals surface area contributed by atoms with E-state index in [1.165, 1.54) is 0 Å². The van der Waals surface area contributed by atoms with Crippen LogP contribution in [0.15, 0.2) is 29.0 Å². The number of aromatic nitrogens is 1. The van der Waals surface area contributed by atoms with E-state index >= 15 is 0 Å². The van der Waals surface area contributed by atoms with Gasteiger partial charge in [0, 0.05) is 43.7 Å².